The molecule has 0 unspecified atom stereocenters. The first-order valence-electron chi connectivity index (χ1n) is 6.59. The van der Waals surface area contributed by atoms with Crippen LogP contribution in [0.5, 0.6) is 0 Å². The predicted molar refractivity (Wildman–Crippen MR) is 79.1 cm³/mol. The molecule has 3 nitrogen and oxygen atoms in total. The first-order valence-corrected chi connectivity index (χ1v) is 7.40. The second kappa shape index (κ2) is 8.64. The van der Waals surface area contributed by atoms with Crippen molar-refractivity contribution in [2.45, 2.75) is 26.9 Å². The Morgan fingerprint density at radius 3 is 2.67 bits per heavy atom. The SMILES string of the molecule is CNCc1ccc(CN(CCOC)CC(C)C)s1. The van der Waals surface area contributed by atoms with Crippen molar-refractivity contribution in [1.29, 1.82) is 0 Å². The van der Waals surface area contributed by atoms with E-state index in [1.165, 1.54) is 9.75 Å². The Balaban J connectivity index is 2.51. The van der Waals surface area contributed by atoms with Crippen molar-refractivity contribution >= 4 is 11.3 Å². The standard InChI is InChI=1S/C14H26N2OS/c1-12(2)10-16(7-8-17-4)11-14-6-5-13(18-14)9-15-3/h5-6,12,15H,7-11H2,1-4H3. The van der Waals surface area contributed by atoms with E-state index in [2.05, 4.69) is 36.2 Å². The quantitative estimate of drug-likeness (QED) is 0.746. The second-order valence-electron chi connectivity index (χ2n) is 5.02. The third kappa shape index (κ3) is 5.96. The summed E-state index contributed by atoms with van der Waals surface area (Å²) in [5, 5.41) is 3.19. The molecule has 18 heavy (non-hydrogen) atoms. The minimum atomic E-state index is 0.693. The fourth-order valence-electron chi connectivity index (χ4n) is 1.97. The Morgan fingerprint density at radius 1 is 1.33 bits per heavy atom. The molecule has 0 saturated carbocycles. The molecule has 0 bridgehead atoms. The number of methoxy groups -OCH3 is 1. The average Bonchev–Trinajstić information content (AvgIpc) is 2.73. The highest BCUT2D eigenvalue weighted by atomic mass is 32.1. The van der Waals surface area contributed by atoms with Crippen molar-refractivity contribution in [3.8, 4) is 0 Å². The summed E-state index contributed by atoms with van der Waals surface area (Å²) in [6.07, 6.45) is 0. The molecule has 0 aliphatic carbocycles. The maximum Gasteiger partial charge on any atom is 0.0589 e. The average molecular weight is 270 g/mol. The van der Waals surface area contributed by atoms with Crippen LogP contribution >= 0.6 is 11.3 Å². The molecule has 0 aliphatic rings. The smallest absolute Gasteiger partial charge is 0.0589 e. The lowest BCUT2D eigenvalue weighted by Gasteiger charge is -2.23. The van der Waals surface area contributed by atoms with Crippen LogP contribution in [0.2, 0.25) is 0 Å². The Morgan fingerprint density at radius 2 is 2.06 bits per heavy atom. The molecule has 0 atom stereocenters. The van der Waals surface area contributed by atoms with Crippen LogP contribution in [0, 0.1) is 5.92 Å². The van der Waals surface area contributed by atoms with Crippen LogP contribution in [-0.2, 0) is 17.8 Å². The zero-order chi connectivity index (χ0) is 13.4. The molecular weight excluding hydrogens is 244 g/mol. The van der Waals surface area contributed by atoms with Crippen molar-refractivity contribution in [3.05, 3.63) is 21.9 Å². The van der Waals surface area contributed by atoms with Gasteiger partial charge in [-0.1, -0.05) is 13.8 Å². The molecule has 1 aromatic heterocycles. The van der Waals surface area contributed by atoms with Crippen molar-refractivity contribution in [2.24, 2.45) is 5.92 Å². The van der Waals surface area contributed by atoms with E-state index in [1.54, 1.807) is 7.11 Å². The first kappa shape index (κ1) is 15.6. The lowest BCUT2D eigenvalue weighted by Crippen LogP contribution is -2.30. The summed E-state index contributed by atoms with van der Waals surface area (Å²) in [6.45, 7) is 9.47. The van der Waals surface area contributed by atoms with Gasteiger partial charge in [-0.05, 0) is 25.1 Å². The summed E-state index contributed by atoms with van der Waals surface area (Å²) in [5.41, 5.74) is 0. The van der Waals surface area contributed by atoms with E-state index in [4.69, 9.17) is 4.74 Å². The van der Waals surface area contributed by atoms with Gasteiger partial charge in [0.05, 0.1) is 6.61 Å². The van der Waals surface area contributed by atoms with Gasteiger partial charge >= 0.3 is 0 Å². The van der Waals surface area contributed by atoms with Crippen LogP contribution in [0.1, 0.15) is 23.6 Å². The molecule has 1 N–H and O–H groups in total. The van der Waals surface area contributed by atoms with Gasteiger partial charge in [-0.15, -0.1) is 11.3 Å². The first-order chi connectivity index (χ1) is 8.65. The molecule has 104 valence electrons. The van der Waals surface area contributed by atoms with Crippen LogP contribution in [0.15, 0.2) is 12.1 Å². The Kier molecular flexibility index (Phi) is 7.51. The highest BCUT2D eigenvalue weighted by Crippen LogP contribution is 2.18. The molecule has 0 aliphatic heterocycles. The summed E-state index contributed by atoms with van der Waals surface area (Å²) < 4.78 is 5.19. The molecule has 0 radical (unpaired) electrons. The summed E-state index contributed by atoms with van der Waals surface area (Å²) in [5.74, 6) is 0.693. The Labute approximate surface area is 115 Å². The minimum Gasteiger partial charge on any atom is -0.383 e. The third-order valence-electron chi connectivity index (χ3n) is 2.68. The lowest BCUT2D eigenvalue weighted by molar-refractivity contribution is 0.136. The minimum absolute atomic E-state index is 0.693. The normalized spacial score (nSPS) is 11.7. The number of rotatable bonds is 9. The number of ether oxygens (including phenoxy) is 1. The molecule has 4 heteroatoms. The van der Waals surface area contributed by atoms with Gasteiger partial charge in [0.1, 0.15) is 0 Å². The van der Waals surface area contributed by atoms with Gasteiger partial charge in [0, 0.05) is 43.0 Å². The van der Waals surface area contributed by atoms with Gasteiger partial charge in [-0.25, -0.2) is 0 Å². The number of nitrogens with one attached hydrogen (secondary N) is 1. The van der Waals surface area contributed by atoms with Gasteiger partial charge in [0.25, 0.3) is 0 Å². The Bertz CT molecular complexity index is 325. The largest absolute Gasteiger partial charge is 0.383 e. The van der Waals surface area contributed by atoms with Crippen LogP contribution in [0.25, 0.3) is 0 Å². The molecule has 1 aromatic rings. The maximum atomic E-state index is 5.19. The van der Waals surface area contributed by atoms with E-state index in [1.807, 2.05) is 18.4 Å². The number of hydrogen-bond acceptors (Lipinski definition) is 4. The van der Waals surface area contributed by atoms with Crippen LogP contribution < -0.4 is 5.32 Å². The molecule has 0 fully saturated rings. The Hall–Kier alpha value is -0.420. The molecule has 0 saturated heterocycles. The van der Waals surface area contributed by atoms with Crippen molar-refractivity contribution in [1.82, 2.24) is 10.2 Å². The molecule has 0 spiro atoms. The van der Waals surface area contributed by atoms with E-state index >= 15 is 0 Å². The predicted octanol–water partition coefficient (Wildman–Crippen LogP) is 2.57. The fraction of sp³-hybridized carbons (Fsp3) is 0.714. The highest BCUT2D eigenvalue weighted by Gasteiger charge is 2.09. The zero-order valence-electron chi connectivity index (χ0n) is 12.0. The summed E-state index contributed by atoms with van der Waals surface area (Å²) in [6, 6.07) is 4.47. The second-order valence-corrected chi connectivity index (χ2v) is 6.27. The molecule has 1 rings (SSSR count). The van der Waals surface area contributed by atoms with Crippen molar-refractivity contribution < 1.29 is 4.74 Å². The van der Waals surface area contributed by atoms with Gasteiger partial charge < -0.3 is 10.1 Å². The fourth-order valence-corrected chi connectivity index (χ4v) is 3.04. The number of thiophene rings is 1. The lowest BCUT2D eigenvalue weighted by atomic mass is 10.2. The highest BCUT2D eigenvalue weighted by molar-refractivity contribution is 7.11. The van der Waals surface area contributed by atoms with Crippen LogP contribution in [0.3, 0.4) is 0 Å². The molecule has 0 aromatic carbocycles. The van der Waals surface area contributed by atoms with Crippen LogP contribution in [-0.4, -0.2) is 38.8 Å². The van der Waals surface area contributed by atoms with E-state index in [0.29, 0.717) is 5.92 Å². The van der Waals surface area contributed by atoms with Gasteiger partial charge in [-0.2, -0.15) is 0 Å². The van der Waals surface area contributed by atoms with E-state index in [9.17, 15) is 0 Å². The maximum absolute atomic E-state index is 5.19. The van der Waals surface area contributed by atoms with Gasteiger partial charge in [-0.3, -0.25) is 4.90 Å². The van der Waals surface area contributed by atoms with Crippen LogP contribution in [0.4, 0.5) is 0 Å². The van der Waals surface area contributed by atoms with E-state index in [-0.39, 0.29) is 0 Å². The third-order valence-corrected chi connectivity index (χ3v) is 3.75. The van der Waals surface area contributed by atoms with Gasteiger partial charge in [0.15, 0.2) is 0 Å². The molecule has 1 heterocycles. The summed E-state index contributed by atoms with van der Waals surface area (Å²) in [7, 11) is 3.76. The molecular formula is C14H26N2OS. The zero-order valence-corrected chi connectivity index (χ0v) is 12.8. The summed E-state index contributed by atoms with van der Waals surface area (Å²) in [4.78, 5) is 5.32. The van der Waals surface area contributed by atoms with Crippen molar-refractivity contribution in [2.75, 3.05) is 33.9 Å². The topological polar surface area (TPSA) is 24.5 Å². The monoisotopic (exact) mass is 270 g/mol. The number of hydrogen-bond donors (Lipinski definition) is 1. The van der Waals surface area contributed by atoms with Gasteiger partial charge in [0.2, 0.25) is 0 Å². The van der Waals surface area contributed by atoms with E-state index in [0.717, 1.165) is 32.8 Å². The number of nitrogens with zero attached hydrogens (tertiary/aromatic N) is 1. The summed E-state index contributed by atoms with van der Waals surface area (Å²) >= 11 is 1.90. The van der Waals surface area contributed by atoms with E-state index < -0.39 is 0 Å². The van der Waals surface area contributed by atoms with Crippen molar-refractivity contribution in [3.63, 3.8) is 0 Å². The molecule has 0 amide bonds.